The van der Waals surface area contributed by atoms with Crippen LogP contribution in [0.25, 0.3) is 0 Å². The van der Waals surface area contributed by atoms with Gasteiger partial charge in [0.05, 0.1) is 0 Å². The number of likely N-dealkylation sites (tertiary alicyclic amines) is 1. The Kier molecular flexibility index (Phi) is 5.63. The average Bonchev–Trinajstić information content (AvgIpc) is 3.03. The molecule has 1 aromatic rings. The molecule has 1 aliphatic carbocycles. The van der Waals surface area contributed by atoms with E-state index in [1.54, 1.807) is 0 Å². The van der Waals surface area contributed by atoms with E-state index >= 15 is 0 Å². The quantitative estimate of drug-likeness (QED) is 0.804. The van der Waals surface area contributed by atoms with Crippen molar-refractivity contribution in [3.05, 3.63) is 29.3 Å². The monoisotopic (exact) mass is 314 g/mol. The van der Waals surface area contributed by atoms with E-state index < -0.39 is 0 Å². The molecule has 0 amide bonds. The smallest absolute Gasteiger partial charge is 0.0416 e. The van der Waals surface area contributed by atoms with Gasteiger partial charge in [0.15, 0.2) is 0 Å². The second-order valence-corrected chi connectivity index (χ2v) is 7.77. The van der Waals surface area contributed by atoms with Gasteiger partial charge in [-0.15, -0.1) is 0 Å². The molecule has 2 atom stereocenters. The van der Waals surface area contributed by atoms with E-state index in [-0.39, 0.29) is 0 Å². The molecule has 1 aliphatic heterocycles. The number of hydrogen-bond acceptors (Lipinski definition) is 2. The molecule has 1 aromatic carbocycles. The Hall–Kier alpha value is -1.02. The van der Waals surface area contributed by atoms with Crippen LogP contribution < -0.4 is 5.32 Å². The van der Waals surface area contributed by atoms with Crippen LogP contribution in [0.4, 0.5) is 5.69 Å². The molecule has 1 saturated heterocycles. The van der Waals surface area contributed by atoms with Crippen LogP contribution in [0.5, 0.6) is 0 Å². The van der Waals surface area contributed by atoms with Gasteiger partial charge in [-0.3, -0.25) is 4.90 Å². The summed E-state index contributed by atoms with van der Waals surface area (Å²) < 4.78 is 0. The molecule has 2 heteroatoms. The number of piperidine rings is 1. The van der Waals surface area contributed by atoms with Crippen molar-refractivity contribution in [3.8, 4) is 0 Å². The first-order valence-corrected chi connectivity index (χ1v) is 9.82. The summed E-state index contributed by atoms with van der Waals surface area (Å²) in [6.07, 6.45) is 9.43. The fraction of sp³-hybridized carbons (Fsp3) is 0.714. The van der Waals surface area contributed by atoms with E-state index in [1.807, 2.05) is 0 Å². The van der Waals surface area contributed by atoms with Gasteiger partial charge < -0.3 is 5.32 Å². The topological polar surface area (TPSA) is 15.3 Å². The van der Waals surface area contributed by atoms with Gasteiger partial charge in [-0.2, -0.15) is 0 Å². The molecule has 1 saturated carbocycles. The van der Waals surface area contributed by atoms with Crippen LogP contribution in [0.1, 0.15) is 76.3 Å². The molecule has 1 N–H and O–H groups in total. The first kappa shape index (κ1) is 16.8. The molecule has 1 heterocycles. The summed E-state index contributed by atoms with van der Waals surface area (Å²) >= 11 is 0. The second kappa shape index (κ2) is 7.70. The Morgan fingerprint density at radius 1 is 1.09 bits per heavy atom. The van der Waals surface area contributed by atoms with Gasteiger partial charge in [-0.1, -0.05) is 33.3 Å². The highest BCUT2D eigenvalue weighted by molar-refractivity contribution is 5.50. The molecule has 0 radical (unpaired) electrons. The minimum atomic E-state index is 0.617. The van der Waals surface area contributed by atoms with Gasteiger partial charge in [-0.05, 0) is 80.8 Å². The number of anilines is 1. The third-order valence-corrected chi connectivity index (χ3v) is 5.84. The number of nitrogens with zero attached hydrogens (tertiary/aromatic N) is 1. The first-order chi connectivity index (χ1) is 11.2. The van der Waals surface area contributed by atoms with Crippen LogP contribution in [0.2, 0.25) is 0 Å². The molecule has 3 rings (SSSR count). The van der Waals surface area contributed by atoms with Crippen LogP contribution in [-0.2, 0) is 6.42 Å². The number of aryl methyl sites for hydroxylation is 1. The summed E-state index contributed by atoms with van der Waals surface area (Å²) in [6.45, 7) is 9.50. The van der Waals surface area contributed by atoms with Gasteiger partial charge in [0.1, 0.15) is 0 Å². The lowest BCUT2D eigenvalue weighted by atomic mass is 9.95. The fourth-order valence-corrected chi connectivity index (χ4v) is 4.57. The van der Waals surface area contributed by atoms with Crippen molar-refractivity contribution in [1.29, 1.82) is 0 Å². The minimum Gasteiger partial charge on any atom is -0.381 e. The minimum absolute atomic E-state index is 0.617. The van der Waals surface area contributed by atoms with Crippen molar-refractivity contribution in [1.82, 2.24) is 4.90 Å². The van der Waals surface area contributed by atoms with Gasteiger partial charge in [0.2, 0.25) is 0 Å². The van der Waals surface area contributed by atoms with Crippen molar-refractivity contribution in [2.24, 2.45) is 0 Å². The van der Waals surface area contributed by atoms with Crippen molar-refractivity contribution >= 4 is 5.69 Å². The third-order valence-electron chi connectivity index (χ3n) is 5.84. The lowest BCUT2D eigenvalue weighted by Gasteiger charge is -2.36. The predicted molar refractivity (Wildman–Crippen MR) is 100 cm³/mol. The van der Waals surface area contributed by atoms with Gasteiger partial charge in [0, 0.05) is 17.8 Å². The molecule has 2 fully saturated rings. The Morgan fingerprint density at radius 3 is 2.57 bits per heavy atom. The number of nitrogens with one attached hydrogen (secondary N) is 1. The van der Waals surface area contributed by atoms with Crippen molar-refractivity contribution < 1.29 is 0 Å². The zero-order valence-electron chi connectivity index (χ0n) is 15.3. The predicted octanol–water partition coefficient (Wildman–Crippen LogP) is 5.19. The molecule has 0 bridgehead atoms. The highest BCUT2D eigenvalue weighted by atomic mass is 15.2. The van der Waals surface area contributed by atoms with Crippen molar-refractivity contribution in [3.63, 3.8) is 0 Å². The highest BCUT2D eigenvalue weighted by Crippen LogP contribution is 2.30. The lowest BCUT2D eigenvalue weighted by Crippen LogP contribution is -2.46. The molecule has 0 aromatic heterocycles. The average molecular weight is 315 g/mol. The Balaban J connectivity index is 1.70. The summed E-state index contributed by atoms with van der Waals surface area (Å²) in [7, 11) is 0. The maximum Gasteiger partial charge on any atom is 0.0416 e. The SMILES string of the molecule is CCc1cc(NC2CCCC2N2CCCCC2)ccc1C(C)C. The molecule has 2 unspecified atom stereocenters. The van der Waals surface area contributed by atoms with Crippen LogP contribution >= 0.6 is 0 Å². The van der Waals surface area contributed by atoms with Crippen molar-refractivity contribution in [2.75, 3.05) is 18.4 Å². The van der Waals surface area contributed by atoms with E-state index in [1.165, 1.54) is 68.4 Å². The molecule has 0 spiro atoms. The number of rotatable bonds is 5. The Bertz CT molecular complexity index is 503. The first-order valence-electron chi connectivity index (χ1n) is 9.82. The molecular formula is C21H34N2. The fourth-order valence-electron chi connectivity index (χ4n) is 4.57. The van der Waals surface area contributed by atoms with Gasteiger partial charge in [-0.25, -0.2) is 0 Å². The van der Waals surface area contributed by atoms with E-state index in [0.29, 0.717) is 12.0 Å². The molecule has 2 aliphatic rings. The summed E-state index contributed by atoms with van der Waals surface area (Å²) in [5.41, 5.74) is 4.36. The summed E-state index contributed by atoms with van der Waals surface area (Å²) in [4.78, 5) is 2.76. The zero-order chi connectivity index (χ0) is 16.2. The normalized spacial score (nSPS) is 25.9. The van der Waals surface area contributed by atoms with Crippen LogP contribution in [0, 0.1) is 0 Å². The van der Waals surface area contributed by atoms with Crippen molar-refractivity contribution in [2.45, 2.75) is 83.7 Å². The molecular weight excluding hydrogens is 280 g/mol. The molecule has 23 heavy (non-hydrogen) atoms. The van der Waals surface area contributed by atoms with E-state index in [0.717, 1.165) is 12.5 Å². The molecule has 128 valence electrons. The van der Waals surface area contributed by atoms with Crippen LogP contribution in [-0.4, -0.2) is 30.1 Å². The summed E-state index contributed by atoms with van der Waals surface area (Å²) in [6, 6.07) is 8.45. The number of hydrogen-bond donors (Lipinski definition) is 1. The van der Waals surface area contributed by atoms with E-state index in [2.05, 4.69) is 49.2 Å². The van der Waals surface area contributed by atoms with E-state index in [9.17, 15) is 0 Å². The second-order valence-electron chi connectivity index (χ2n) is 7.77. The lowest BCUT2D eigenvalue weighted by molar-refractivity contribution is 0.158. The Labute approximate surface area is 142 Å². The number of benzene rings is 1. The van der Waals surface area contributed by atoms with Crippen LogP contribution in [0.15, 0.2) is 18.2 Å². The maximum atomic E-state index is 3.89. The zero-order valence-corrected chi connectivity index (χ0v) is 15.3. The van der Waals surface area contributed by atoms with Gasteiger partial charge >= 0.3 is 0 Å². The van der Waals surface area contributed by atoms with Crippen LogP contribution in [0.3, 0.4) is 0 Å². The third kappa shape index (κ3) is 3.91. The van der Waals surface area contributed by atoms with E-state index in [4.69, 9.17) is 0 Å². The Morgan fingerprint density at radius 2 is 1.87 bits per heavy atom. The molecule has 2 nitrogen and oxygen atoms in total. The largest absolute Gasteiger partial charge is 0.381 e. The summed E-state index contributed by atoms with van der Waals surface area (Å²) in [5.74, 6) is 0.617. The summed E-state index contributed by atoms with van der Waals surface area (Å²) in [5, 5.41) is 3.89. The maximum absolute atomic E-state index is 3.89. The highest BCUT2D eigenvalue weighted by Gasteiger charge is 2.32. The van der Waals surface area contributed by atoms with Gasteiger partial charge in [0.25, 0.3) is 0 Å². The standard InChI is InChI=1S/C21H34N2/c1-4-17-15-18(11-12-19(17)16(2)3)22-20-9-8-10-21(20)23-13-6-5-7-14-23/h11-12,15-16,20-22H,4-10,13-14H2,1-3H3.